The summed E-state index contributed by atoms with van der Waals surface area (Å²) in [4.78, 5) is 6.90. The number of hydrogen-bond acceptors (Lipinski definition) is 5. The highest BCUT2D eigenvalue weighted by Gasteiger charge is 2.26. The third kappa shape index (κ3) is 4.85. The van der Waals surface area contributed by atoms with Gasteiger partial charge in [0.25, 0.3) is 6.43 Å². The van der Waals surface area contributed by atoms with E-state index in [0.29, 0.717) is 23.0 Å². The quantitative estimate of drug-likeness (QED) is 0.474. The maximum atomic E-state index is 13.0. The van der Waals surface area contributed by atoms with Crippen molar-refractivity contribution in [2.75, 3.05) is 20.1 Å². The second-order valence-corrected chi connectivity index (χ2v) is 6.70. The zero-order valence-electron chi connectivity index (χ0n) is 16.3. The Kier molecular flexibility index (Phi) is 6.95. The van der Waals surface area contributed by atoms with Crippen molar-refractivity contribution in [2.24, 2.45) is 23.7 Å². The van der Waals surface area contributed by atoms with Crippen molar-refractivity contribution >= 4 is 17.4 Å². The Bertz CT molecular complexity index is 717. The van der Waals surface area contributed by atoms with Crippen LogP contribution in [0, 0.1) is 5.92 Å². The second kappa shape index (κ2) is 8.98. The van der Waals surface area contributed by atoms with E-state index >= 15 is 0 Å². The molecule has 7 nitrogen and oxygen atoms in total. The number of nitrogens with two attached hydrogens (primary N) is 1. The molecule has 0 aromatic carbocycles. The van der Waals surface area contributed by atoms with E-state index < -0.39 is 12.5 Å². The number of aliphatic imine (C=N–C) groups is 1. The summed E-state index contributed by atoms with van der Waals surface area (Å²) in [5, 5.41) is 9.83. The van der Waals surface area contributed by atoms with Crippen LogP contribution in [0.5, 0.6) is 0 Å². The van der Waals surface area contributed by atoms with E-state index in [1.54, 1.807) is 25.0 Å². The van der Waals surface area contributed by atoms with E-state index in [-0.39, 0.29) is 5.70 Å². The smallest absolute Gasteiger partial charge is 0.259 e. The molecule has 1 aliphatic heterocycles. The molecule has 1 aromatic heterocycles. The van der Waals surface area contributed by atoms with E-state index in [1.165, 1.54) is 6.20 Å². The number of aromatic nitrogens is 2. The Morgan fingerprint density at radius 3 is 2.74 bits per heavy atom. The molecule has 1 saturated heterocycles. The third-order valence-corrected chi connectivity index (χ3v) is 4.72. The molecule has 4 N–H and O–H groups in total. The molecule has 27 heavy (non-hydrogen) atoms. The number of aryl methyl sites for hydroxylation is 1. The van der Waals surface area contributed by atoms with Crippen LogP contribution in [-0.2, 0) is 7.05 Å². The van der Waals surface area contributed by atoms with Gasteiger partial charge in [-0.3, -0.25) is 4.68 Å². The largest absolute Gasteiger partial charge is 0.393 e. The van der Waals surface area contributed by atoms with Gasteiger partial charge in [-0.05, 0) is 19.3 Å². The minimum atomic E-state index is -2.70. The van der Waals surface area contributed by atoms with E-state index in [4.69, 9.17) is 10.7 Å². The van der Waals surface area contributed by atoms with E-state index in [9.17, 15) is 8.78 Å². The van der Waals surface area contributed by atoms with Crippen LogP contribution in [0.2, 0.25) is 0 Å². The summed E-state index contributed by atoms with van der Waals surface area (Å²) in [6.07, 6.45) is 1.47. The normalized spacial score (nSPS) is 17.1. The van der Waals surface area contributed by atoms with E-state index in [1.807, 2.05) is 6.92 Å². The van der Waals surface area contributed by atoms with Gasteiger partial charge in [-0.2, -0.15) is 5.10 Å². The van der Waals surface area contributed by atoms with Crippen molar-refractivity contribution in [3.8, 4) is 0 Å². The highest BCUT2D eigenvalue weighted by Crippen LogP contribution is 2.27. The van der Waals surface area contributed by atoms with Gasteiger partial charge in [-0.25, -0.2) is 13.8 Å². The zero-order chi connectivity index (χ0) is 20.1. The molecule has 0 amide bonds. The maximum Gasteiger partial charge on any atom is 0.259 e. The summed E-state index contributed by atoms with van der Waals surface area (Å²) in [5.74, 6) is 2.22. The first-order chi connectivity index (χ1) is 12.8. The van der Waals surface area contributed by atoms with Crippen LogP contribution in [0.25, 0.3) is 5.70 Å². The lowest BCUT2D eigenvalue weighted by molar-refractivity contribution is 0.127. The number of amidine groups is 1. The average molecular weight is 381 g/mol. The molecule has 0 spiro atoms. The molecule has 1 fully saturated rings. The van der Waals surface area contributed by atoms with Crippen molar-refractivity contribution < 1.29 is 8.78 Å². The van der Waals surface area contributed by atoms with Gasteiger partial charge in [0.05, 0.1) is 17.5 Å². The molecule has 2 heterocycles. The van der Waals surface area contributed by atoms with Gasteiger partial charge in [-0.15, -0.1) is 0 Å². The maximum absolute atomic E-state index is 13.0. The monoisotopic (exact) mass is 381 g/mol. The lowest BCUT2D eigenvalue weighted by Crippen LogP contribution is -2.48. The molecular formula is C18H29F2N7. The fourth-order valence-electron chi connectivity index (χ4n) is 2.84. The topological polar surface area (TPSA) is 83.5 Å². The zero-order valence-corrected chi connectivity index (χ0v) is 16.3. The molecule has 0 radical (unpaired) electrons. The number of hydrogen-bond donors (Lipinski definition) is 3. The van der Waals surface area contributed by atoms with E-state index in [2.05, 4.69) is 34.1 Å². The highest BCUT2D eigenvalue weighted by molar-refractivity contribution is 5.85. The van der Waals surface area contributed by atoms with E-state index in [0.717, 1.165) is 25.3 Å². The van der Waals surface area contributed by atoms with Gasteiger partial charge >= 0.3 is 0 Å². The first-order valence-corrected chi connectivity index (χ1v) is 8.98. The molecule has 1 aromatic rings. The number of alkyl halides is 2. The fourth-order valence-corrected chi connectivity index (χ4v) is 2.84. The molecule has 1 aliphatic rings. The molecular weight excluding hydrogens is 352 g/mol. The minimum Gasteiger partial charge on any atom is -0.393 e. The molecule has 9 heteroatoms. The Hall–Kier alpha value is -2.42. The number of rotatable bonds is 8. The summed E-state index contributed by atoms with van der Waals surface area (Å²) in [5.41, 5.74) is 6.75. The average Bonchev–Trinajstić information content (AvgIpc) is 2.93. The van der Waals surface area contributed by atoms with Crippen molar-refractivity contribution in [3.63, 3.8) is 0 Å². The Morgan fingerprint density at radius 2 is 2.19 bits per heavy atom. The van der Waals surface area contributed by atoms with Gasteiger partial charge in [-0.1, -0.05) is 13.5 Å². The Balaban J connectivity index is 2.19. The lowest BCUT2D eigenvalue weighted by atomic mass is 9.97. The molecule has 1 unspecified atom stereocenters. The van der Waals surface area contributed by atoms with Crippen LogP contribution in [0.15, 0.2) is 29.7 Å². The molecule has 2 rings (SSSR count). The van der Waals surface area contributed by atoms with Crippen LogP contribution in [0.3, 0.4) is 0 Å². The predicted molar refractivity (Wildman–Crippen MR) is 105 cm³/mol. The minimum absolute atomic E-state index is 0.140. The predicted octanol–water partition coefficient (Wildman–Crippen LogP) is 2.03. The first kappa shape index (κ1) is 20.9. The van der Waals surface area contributed by atoms with Crippen molar-refractivity contribution in [1.29, 1.82) is 0 Å². The number of nitrogens with zero attached hydrogens (tertiary/aromatic N) is 4. The van der Waals surface area contributed by atoms with Gasteiger partial charge in [0.15, 0.2) is 5.82 Å². The van der Waals surface area contributed by atoms with Crippen LogP contribution in [0.1, 0.15) is 25.8 Å². The SMILES string of the molecule is C=C(N/C(=C/NC)C(N)C(F)F)c1cnn(C)c1/N=C(\C)N1CC(CC)C1. The van der Waals surface area contributed by atoms with Crippen molar-refractivity contribution in [1.82, 2.24) is 25.3 Å². The van der Waals surface area contributed by atoms with Crippen LogP contribution in [-0.4, -0.2) is 53.1 Å². The van der Waals surface area contributed by atoms with Crippen molar-refractivity contribution in [3.05, 3.63) is 30.2 Å². The first-order valence-electron chi connectivity index (χ1n) is 8.98. The highest BCUT2D eigenvalue weighted by atomic mass is 19.3. The molecule has 1 atom stereocenters. The lowest BCUT2D eigenvalue weighted by Gasteiger charge is -2.40. The molecule has 0 saturated carbocycles. The third-order valence-electron chi connectivity index (χ3n) is 4.72. The summed E-state index contributed by atoms with van der Waals surface area (Å²) >= 11 is 0. The van der Waals surface area contributed by atoms with Crippen LogP contribution >= 0.6 is 0 Å². The van der Waals surface area contributed by atoms with Gasteiger partial charge in [0.2, 0.25) is 0 Å². The summed E-state index contributed by atoms with van der Waals surface area (Å²) < 4.78 is 27.6. The van der Waals surface area contributed by atoms with Crippen LogP contribution in [0.4, 0.5) is 14.6 Å². The standard InChI is InChI=1S/C18H29F2N7/c1-6-13-9-27(10-13)12(3)25-18-14(7-23-26(18)5)11(2)24-15(8-22-4)16(21)17(19)20/h7-8,13,16-17,22,24H,2,6,9-10,21H2,1,3-5H3/b15-8+,25-12+. The Labute approximate surface area is 159 Å². The Morgan fingerprint density at radius 1 is 1.52 bits per heavy atom. The van der Waals surface area contributed by atoms with Crippen LogP contribution < -0.4 is 16.4 Å². The van der Waals surface area contributed by atoms with Gasteiger partial charge < -0.3 is 21.3 Å². The second-order valence-electron chi connectivity index (χ2n) is 6.70. The summed E-state index contributed by atoms with van der Waals surface area (Å²) in [6, 6.07) is -1.45. The fraction of sp³-hybridized carbons (Fsp3) is 0.556. The molecule has 0 bridgehead atoms. The molecule has 0 aliphatic carbocycles. The van der Waals surface area contributed by atoms with Crippen molar-refractivity contribution in [2.45, 2.75) is 32.7 Å². The number of halogens is 2. The molecule has 150 valence electrons. The summed E-state index contributed by atoms with van der Waals surface area (Å²) in [7, 11) is 3.39. The number of likely N-dealkylation sites (tertiary alicyclic amines) is 1. The van der Waals surface area contributed by atoms with Gasteiger partial charge in [0.1, 0.15) is 11.9 Å². The number of nitrogens with one attached hydrogen (secondary N) is 2. The summed E-state index contributed by atoms with van der Waals surface area (Å²) in [6.45, 7) is 10.1. The van der Waals surface area contributed by atoms with Gasteiger partial charge in [0, 0.05) is 39.1 Å².